The van der Waals surface area contributed by atoms with Gasteiger partial charge in [0, 0.05) is 23.9 Å². The second kappa shape index (κ2) is 4.07. The Morgan fingerprint density at radius 1 is 1.46 bits per heavy atom. The van der Waals surface area contributed by atoms with Crippen LogP contribution in [0.2, 0.25) is 5.02 Å². The lowest BCUT2D eigenvalue weighted by molar-refractivity contribution is 0.418. The number of nitrogens with zero attached hydrogens (tertiary/aromatic N) is 1. The Bertz CT molecular complexity index is 267. The number of pyridine rings is 1. The predicted molar refractivity (Wildman–Crippen MR) is 56.1 cm³/mol. The van der Waals surface area contributed by atoms with Gasteiger partial charge in [0.05, 0.1) is 5.02 Å². The smallest absolute Gasteiger partial charge is 0.0589 e. The van der Waals surface area contributed by atoms with E-state index in [0.29, 0.717) is 5.02 Å². The van der Waals surface area contributed by atoms with Gasteiger partial charge in [-0.05, 0) is 33.0 Å². The molecule has 1 N–H and O–H groups in total. The van der Waals surface area contributed by atoms with Crippen LogP contribution in [0.4, 0.5) is 0 Å². The molecule has 0 radical (unpaired) electrons. The van der Waals surface area contributed by atoms with Crippen molar-refractivity contribution in [3.8, 4) is 0 Å². The van der Waals surface area contributed by atoms with Crippen molar-refractivity contribution in [2.75, 3.05) is 7.05 Å². The Kier molecular flexibility index (Phi) is 3.28. The van der Waals surface area contributed by atoms with Crippen molar-refractivity contribution in [2.45, 2.75) is 25.8 Å². The number of nitrogens with one attached hydrogen (secondary N) is 1. The summed E-state index contributed by atoms with van der Waals surface area (Å²) in [6, 6.07) is 3.83. The van der Waals surface area contributed by atoms with Gasteiger partial charge in [-0.25, -0.2) is 0 Å². The van der Waals surface area contributed by atoms with Crippen LogP contribution in [0.5, 0.6) is 0 Å². The lowest BCUT2D eigenvalue weighted by Crippen LogP contribution is -2.38. The fraction of sp³-hybridized carbons (Fsp3) is 0.500. The Morgan fingerprint density at radius 3 is 2.62 bits per heavy atom. The van der Waals surface area contributed by atoms with Crippen LogP contribution in [-0.2, 0) is 6.42 Å². The summed E-state index contributed by atoms with van der Waals surface area (Å²) in [5, 5.41) is 3.92. The predicted octanol–water partition coefficient (Wildman–Crippen LogP) is 2.28. The van der Waals surface area contributed by atoms with Gasteiger partial charge >= 0.3 is 0 Å². The van der Waals surface area contributed by atoms with Crippen LogP contribution < -0.4 is 5.32 Å². The van der Waals surface area contributed by atoms with E-state index in [2.05, 4.69) is 24.1 Å². The molecule has 0 spiro atoms. The fourth-order valence-corrected chi connectivity index (χ4v) is 1.16. The van der Waals surface area contributed by atoms with Crippen LogP contribution in [0.15, 0.2) is 18.3 Å². The summed E-state index contributed by atoms with van der Waals surface area (Å²) in [5.41, 5.74) is 1.14. The van der Waals surface area contributed by atoms with Gasteiger partial charge in [0.2, 0.25) is 0 Å². The molecular formula is C10H15ClN2. The van der Waals surface area contributed by atoms with Crippen molar-refractivity contribution in [2.24, 2.45) is 0 Å². The molecule has 0 unspecified atom stereocenters. The number of halogens is 1. The topological polar surface area (TPSA) is 24.9 Å². The third kappa shape index (κ3) is 3.33. The highest BCUT2D eigenvalue weighted by Crippen LogP contribution is 2.12. The zero-order chi connectivity index (χ0) is 9.90. The molecule has 13 heavy (non-hydrogen) atoms. The van der Waals surface area contributed by atoms with Gasteiger partial charge in [-0.3, -0.25) is 4.98 Å². The highest BCUT2D eigenvalue weighted by Gasteiger charge is 2.15. The molecule has 0 saturated carbocycles. The van der Waals surface area contributed by atoms with E-state index in [1.165, 1.54) is 0 Å². The van der Waals surface area contributed by atoms with Crippen molar-refractivity contribution in [3.05, 3.63) is 29.0 Å². The zero-order valence-corrected chi connectivity index (χ0v) is 9.02. The van der Waals surface area contributed by atoms with Gasteiger partial charge in [-0.15, -0.1) is 0 Å². The number of hydrogen-bond donors (Lipinski definition) is 1. The minimum absolute atomic E-state index is 0.0842. The summed E-state index contributed by atoms with van der Waals surface area (Å²) in [6.07, 6.45) is 2.59. The Hall–Kier alpha value is -0.600. The van der Waals surface area contributed by atoms with Crippen LogP contribution in [0.1, 0.15) is 19.5 Å². The second-order valence-corrected chi connectivity index (χ2v) is 4.21. The van der Waals surface area contributed by atoms with Crippen molar-refractivity contribution in [1.29, 1.82) is 0 Å². The summed E-state index contributed by atoms with van der Waals surface area (Å²) < 4.78 is 0. The lowest BCUT2D eigenvalue weighted by Gasteiger charge is -2.23. The summed E-state index contributed by atoms with van der Waals surface area (Å²) in [5.74, 6) is 0. The molecule has 3 heteroatoms. The quantitative estimate of drug-likeness (QED) is 0.806. The van der Waals surface area contributed by atoms with Crippen molar-refractivity contribution >= 4 is 11.6 Å². The Balaban J connectivity index is 2.69. The normalized spacial score (nSPS) is 11.7. The first-order valence-corrected chi connectivity index (χ1v) is 4.71. The zero-order valence-electron chi connectivity index (χ0n) is 8.26. The molecule has 0 saturated heterocycles. The fourth-order valence-electron chi connectivity index (χ4n) is 1.05. The van der Waals surface area contributed by atoms with E-state index in [0.717, 1.165) is 12.1 Å². The first-order valence-electron chi connectivity index (χ1n) is 4.33. The van der Waals surface area contributed by atoms with E-state index in [-0.39, 0.29) is 5.54 Å². The van der Waals surface area contributed by atoms with E-state index in [4.69, 9.17) is 11.6 Å². The van der Waals surface area contributed by atoms with E-state index >= 15 is 0 Å². The van der Waals surface area contributed by atoms with Crippen molar-refractivity contribution < 1.29 is 0 Å². The third-order valence-corrected chi connectivity index (χ3v) is 2.31. The van der Waals surface area contributed by atoms with Crippen LogP contribution in [0.25, 0.3) is 0 Å². The Labute approximate surface area is 84.3 Å². The molecule has 0 atom stereocenters. The maximum Gasteiger partial charge on any atom is 0.0589 e. The summed E-state index contributed by atoms with van der Waals surface area (Å²) in [7, 11) is 1.95. The van der Waals surface area contributed by atoms with E-state index in [1.54, 1.807) is 6.20 Å². The molecule has 0 aliphatic heterocycles. The monoisotopic (exact) mass is 198 g/mol. The average Bonchev–Trinajstić information content (AvgIpc) is 2.09. The molecule has 1 aromatic heterocycles. The molecule has 0 aliphatic carbocycles. The van der Waals surface area contributed by atoms with Crippen LogP contribution in [-0.4, -0.2) is 17.6 Å². The van der Waals surface area contributed by atoms with Gasteiger partial charge in [-0.1, -0.05) is 11.6 Å². The number of aromatic nitrogens is 1. The average molecular weight is 199 g/mol. The molecule has 0 aliphatic rings. The first-order chi connectivity index (χ1) is 6.03. The molecular weight excluding hydrogens is 184 g/mol. The molecule has 0 fully saturated rings. The number of hydrogen-bond acceptors (Lipinski definition) is 2. The molecule has 72 valence electrons. The summed E-state index contributed by atoms with van der Waals surface area (Å²) >= 11 is 5.74. The van der Waals surface area contributed by atoms with E-state index in [1.807, 2.05) is 19.2 Å². The standard InChI is InChI=1S/C10H15ClN2/c1-10(2,12-3)6-9-5-4-8(11)7-13-9/h4-5,7,12H,6H2,1-3H3. The summed E-state index contributed by atoms with van der Waals surface area (Å²) in [4.78, 5) is 4.24. The molecule has 1 rings (SSSR count). The minimum Gasteiger partial charge on any atom is -0.314 e. The largest absolute Gasteiger partial charge is 0.314 e. The maximum absolute atomic E-state index is 5.74. The van der Waals surface area contributed by atoms with Gasteiger partial charge in [0.1, 0.15) is 0 Å². The molecule has 1 heterocycles. The molecule has 0 aromatic carbocycles. The lowest BCUT2D eigenvalue weighted by atomic mass is 9.98. The van der Waals surface area contributed by atoms with Crippen LogP contribution in [0, 0.1) is 0 Å². The van der Waals surface area contributed by atoms with E-state index < -0.39 is 0 Å². The highest BCUT2D eigenvalue weighted by atomic mass is 35.5. The second-order valence-electron chi connectivity index (χ2n) is 3.78. The van der Waals surface area contributed by atoms with Crippen molar-refractivity contribution in [3.63, 3.8) is 0 Å². The Morgan fingerprint density at radius 2 is 2.15 bits per heavy atom. The molecule has 0 bridgehead atoms. The van der Waals surface area contributed by atoms with Crippen LogP contribution >= 0.6 is 11.6 Å². The van der Waals surface area contributed by atoms with Gasteiger partial charge in [0.25, 0.3) is 0 Å². The first kappa shape index (κ1) is 10.5. The van der Waals surface area contributed by atoms with Gasteiger partial charge < -0.3 is 5.32 Å². The van der Waals surface area contributed by atoms with Gasteiger partial charge in [-0.2, -0.15) is 0 Å². The maximum atomic E-state index is 5.74. The van der Waals surface area contributed by atoms with E-state index in [9.17, 15) is 0 Å². The van der Waals surface area contributed by atoms with Gasteiger partial charge in [0.15, 0.2) is 0 Å². The molecule has 0 amide bonds. The van der Waals surface area contributed by atoms with Crippen LogP contribution in [0.3, 0.4) is 0 Å². The summed E-state index contributed by atoms with van der Waals surface area (Å²) in [6.45, 7) is 4.28. The molecule has 1 aromatic rings. The number of rotatable bonds is 3. The third-order valence-electron chi connectivity index (χ3n) is 2.09. The number of likely N-dealkylation sites (N-methyl/N-ethyl adjacent to an activating group) is 1. The molecule has 2 nitrogen and oxygen atoms in total. The minimum atomic E-state index is 0.0842. The van der Waals surface area contributed by atoms with Crippen molar-refractivity contribution in [1.82, 2.24) is 10.3 Å². The SMILES string of the molecule is CNC(C)(C)Cc1ccc(Cl)cn1. The highest BCUT2D eigenvalue weighted by molar-refractivity contribution is 6.30.